The largest absolute Gasteiger partial charge is 0.497 e. The van der Waals surface area contributed by atoms with E-state index < -0.39 is 0 Å². The Bertz CT molecular complexity index is 875. The quantitative estimate of drug-likeness (QED) is 0.665. The van der Waals surface area contributed by atoms with Crippen LogP contribution in [0.15, 0.2) is 72.1 Å². The minimum atomic E-state index is 0.469. The van der Waals surface area contributed by atoms with Gasteiger partial charge < -0.3 is 18.9 Å². The molecule has 5 heteroatoms. The van der Waals surface area contributed by atoms with Gasteiger partial charge in [-0.05, 0) is 30.5 Å². The zero-order valence-corrected chi connectivity index (χ0v) is 15.4. The van der Waals surface area contributed by atoms with Crippen LogP contribution < -0.4 is 9.47 Å². The summed E-state index contributed by atoms with van der Waals surface area (Å²) in [7, 11) is 3.16. The van der Waals surface area contributed by atoms with Crippen molar-refractivity contribution in [1.29, 1.82) is 5.26 Å². The summed E-state index contributed by atoms with van der Waals surface area (Å²) in [6.07, 6.45) is 13.5. The molecule has 0 fully saturated rings. The van der Waals surface area contributed by atoms with Gasteiger partial charge in [0.05, 0.1) is 20.3 Å². The lowest BCUT2D eigenvalue weighted by Crippen LogP contribution is -2.04. The van der Waals surface area contributed by atoms with Gasteiger partial charge in [0.15, 0.2) is 5.76 Å². The van der Waals surface area contributed by atoms with Crippen LogP contribution in [0.4, 0.5) is 0 Å². The molecule has 0 bridgehead atoms. The van der Waals surface area contributed by atoms with Gasteiger partial charge in [0.25, 0.3) is 0 Å². The first-order chi connectivity index (χ1) is 13.2. The van der Waals surface area contributed by atoms with Gasteiger partial charge in [-0.15, -0.1) is 0 Å². The molecule has 0 aromatic heterocycles. The fraction of sp³-hybridized carbons (Fsp3) is 0.227. The maximum Gasteiger partial charge on any atom is 0.170 e. The van der Waals surface area contributed by atoms with E-state index >= 15 is 0 Å². The standard InChI is InChI=1S/C22H21NO4/c1-24-18-11-17(12-19(13-18)25-2)21(8-9-23)22-15-26-14-20(27-22)10-16-6-4-3-5-7-16/h3-4,6,8,11-15H,5,7,10H2,1-2H3. The van der Waals surface area contributed by atoms with E-state index in [2.05, 4.69) is 24.3 Å². The summed E-state index contributed by atoms with van der Waals surface area (Å²) in [5.41, 5.74) is 2.61. The molecule has 0 amide bonds. The van der Waals surface area contributed by atoms with Crippen LogP contribution in [0.5, 0.6) is 11.5 Å². The second kappa shape index (κ2) is 8.81. The minimum absolute atomic E-state index is 0.469. The lowest BCUT2D eigenvalue weighted by molar-refractivity contribution is 0.231. The Morgan fingerprint density at radius 1 is 1.19 bits per heavy atom. The fourth-order valence-corrected chi connectivity index (χ4v) is 2.90. The summed E-state index contributed by atoms with van der Waals surface area (Å²) in [5.74, 6) is 2.42. The topological polar surface area (TPSA) is 60.7 Å². The Kier molecular flexibility index (Phi) is 6.01. The molecular formula is C22H21NO4. The Morgan fingerprint density at radius 2 is 1.96 bits per heavy atom. The number of benzene rings is 1. The van der Waals surface area contributed by atoms with Crippen molar-refractivity contribution in [3.8, 4) is 17.6 Å². The monoisotopic (exact) mass is 363 g/mol. The Morgan fingerprint density at radius 3 is 2.59 bits per heavy atom. The predicted molar refractivity (Wildman–Crippen MR) is 103 cm³/mol. The number of methoxy groups -OCH3 is 2. The molecule has 1 heterocycles. The van der Waals surface area contributed by atoms with Crippen molar-refractivity contribution in [2.24, 2.45) is 0 Å². The fourth-order valence-electron chi connectivity index (χ4n) is 2.90. The molecule has 0 saturated heterocycles. The first-order valence-electron chi connectivity index (χ1n) is 8.64. The van der Waals surface area contributed by atoms with Crippen molar-refractivity contribution in [1.82, 2.24) is 0 Å². The molecule has 5 nitrogen and oxygen atoms in total. The van der Waals surface area contributed by atoms with Crippen molar-refractivity contribution >= 4 is 5.57 Å². The second-order valence-electron chi connectivity index (χ2n) is 6.06. The summed E-state index contributed by atoms with van der Waals surface area (Å²) < 4.78 is 22.2. The molecule has 0 radical (unpaired) electrons. The maximum absolute atomic E-state index is 9.26. The summed E-state index contributed by atoms with van der Waals surface area (Å²) in [6, 6.07) is 7.49. The minimum Gasteiger partial charge on any atom is -0.497 e. The normalized spacial score (nSPS) is 16.2. The van der Waals surface area contributed by atoms with Gasteiger partial charge >= 0.3 is 0 Å². The summed E-state index contributed by atoms with van der Waals surface area (Å²) in [4.78, 5) is 0. The Hall–Kier alpha value is -3.39. The molecule has 0 N–H and O–H groups in total. The zero-order valence-electron chi connectivity index (χ0n) is 15.4. The van der Waals surface area contributed by atoms with Gasteiger partial charge in [-0.25, -0.2) is 0 Å². The zero-order chi connectivity index (χ0) is 19.1. The number of nitrogens with zero attached hydrogens (tertiary/aromatic N) is 1. The average Bonchev–Trinajstić information content (AvgIpc) is 2.72. The van der Waals surface area contributed by atoms with Crippen molar-refractivity contribution in [3.05, 3.63) is 77.7 Å². The second-order valence-corrected chi connectivity index (χ2v) is 6.06. The van der Waals surface area contributed by atoms with Crippen LogP contribution in [0.2, 0.25) is 0 Å². The van der Waals surface area contributed by atoms with Gasteiger partial charge in [-0.3, -0.25) is 0 Å². The highest BCUT2D eigenvalue weighted by Crippen LogP contribution is 2.34. The number of rotatable bonds is 6. The van der Waals surface area contributed by atoms with E-state index in [0.29, 0.717) is 35.0 Å². The lowest BCUT2D eigenvalue weighted by Gasteiger charge is -2.20. The number of hydrogen-bond acceptors (Lipinski definition) is 5. The van der Waals surface area contributed by atoms with E-state index in [4.69, 9.17) is 18.9 Å². The third-order valence-electron chi connectivity index (χ3n) is 4.25. The van der Waals surface area contributed by atoms with E-state index in [1.807, 2.05) is 12.1 Å². The van der Waals surface area contributed by atoms with Gasteiger partial charge in [-0.1, -0.05) is 23.8 Å². The number of allylic oxidation sites excluding steroid dienone is 6. The third-order valence-corrected chi connectivity index (χ3v) is 4.25. The summed E-state index contributed by atoms with van der Waals surface area (Å²) in [5, 5.41) is 9.26. The average molecular weight is 363 g/mol. The molecule has 27 heavy (non-hydrogen) atoms. The summed E-state index contributed by atoms with van der Waals surface area (Å²) in [6.45, 7) is 0. The lowest BCUT2D eigenvalue weighted by atomic mass is 10.0. The molecule has 0 unspecified atom stereocenters. The van der Waals surface area contributed by atoms with Crippen LogP contribution in [-0.2, 0) is 9.47 Å². The SMILES string of the molecule is COc1cc(OC)cc(C(=CC#N)C2=COC=C(CC3=CC=CCC3)O2)c1. The number of hydrogen-bond donors (Lipinski definition) is 0. The van der Waals surface area contributed by atoms with Gasteiger partial charge in [-0.2, -0.15) is 5.26 Å². The van der Waals surface area contributed by atoms with Crippen molar-refractivity contribution in [2.75, 3.05) is 14.2 Å². The van der Waals surface area contributed by atoms with Crippen LogP contribution in [-0.4, -0.2) is 14.2 Å². The van der Waals surface area contributed by atoms with Crippen molar-refractivity contribution < 1.29 is 18.9 Å². The first kappa shape index (κ1) is 18.4. The molecule has 2 aliphatic rings. The molecule has 1 aromatic rings. The van der Waals surface area contributed by atoms with Gasteiger partial charge in [0, 0.05) is 24.1 Å². The highest BCUT2D eigenvalue weighted by atomic mass is 16.5. The molecule has 138 valence electrons. The number of nitriles is 1. The highest BCUT2D eigenvalue weighted by Gasteiger charge is 2.19. The van der Waals surface area contributed by atoms with Gasteiger partial charge in [0.2, 0.25) is 0 Å². The Balaban J connectivity index is 1.85. The van der Waals surface area contributed by atoms with E-state index in [1.54, 1.807) is 26.5 Å². The van der Waals surface area contributed by atoms with E-state index in [9.17, 15) is 5.26 Å². The van der Waals surface area contributed by atoms with E-state index in [-0.39, 0.29) is 0 Å². The summed E-state index contributed by atoms with van der Waals surface area (Å²) >= 11 is 0. The van der Waals surface area contributed by atoms with Gasteiger partial charge in [0.1, 0.15) is 29.8 Å². The molecular weight excluding hydrogens is 342 g/mol. The number of ether oxygens (including phenoxy) is 4. The molecule has 1 aliphatic heterocycles. The van der Waals surface area contributed by atoms with Crippen LogP contribution in [0, 0.1) is 11.3 Å². The molecule has 0 atom stereocenters. The first-order valence-corrected chi connectivity index (χ1v) is 8.64. The predicted octanol–water partition coefficient (Wildman–Crippen LogP) is 5.01. The molecule has 3 rings (SSSR count). The molecule has 1 aromatic carbocycles. The Labute approximate surface area is 159 Å². The smallest absolute Gasteiger partial charge is 0.170 e. The highest BCUT2D eigenvalue weighted by molar-refractivity contribution is 5.80. The van der Waals surface area contributed by atoms with Crippen LogP contribution >= 0.6 is 0 Å². The maximum atomic E-state index is 9.26. The van der Waals surface area contributed by atoms with Crippen LogP contribution in [0.3, 0.4) is 0 Å². The molecule has 1 aliphatic carbocycles. The molecule has 0 spiro atoms. The molecule has 0 saturated carbocycles. The van der Waals surface area contributed by atoms with Crippen LogP contribution in [0.1, 0.15) is 24.8 Å². The van der Waals surface area contributed by atoms with Crippen molar-refractivity contribution in [3.63, 3.8) is 0 Å². The van der Waals surface area contributed by atoms with Crippen LogP contribution in [0.25, 0.3) is 5.57 Å². The van der Waals surface area contributed by atoms with E-state index in [0.717, 1.165) is 18.4 Å². The third kappa shape index (κ3) is 4.62. The van der Waals surface area contributed by atoms with E-state index in [1.165, 1.54) is 17.9 Å². The van der Waals surface area contributed by atoms with Crippen molar-refractivity contribution in [2.45, 2.75) is 19.3 Å².